The number of amides is 1. The molecule has 146 valence electrons. The number of nitrogens with zero attached hydrogens (tertiary/aromatic N) is 4. The minimum Gasteiger partial charge on any atom is -0.352 e. The zero-order valence-corrected chi connectivity index (χ0v) is 16.5. The minimum atomic E-state index is -0.773. The summed E-state index contributed by atoms with van der Waals surface area (Å²) in [6.07, 6.45) is 2.17. The van der Waals surface area contributed by atoms with Crippen LogP contribution in [0.1, 0.15) is 25.6 Å². The van der Waals surface area contributed by atoms with Gasteiger partial charge < -0.3 is 5.32 Å². The fourth-order valence-electron chi connectivity index (χ4n) is 2.64. The maximum absolute atomic E-state index is 12.5. The highest BCUT2D eigenvalue weighted by Gasteiger charge is 2.18. The first-order valence-electron chi connectivity index (χ1n) is 8.96. The number of carbonyl (C=O) groups is 1. The average Bonchev–Trinajstić information content (AvgIpc) is 3.23. The van der Waals surface area contributed by atoms with Gasteiger partial charge in [0.05, 0.1) is 11.2 Å². The van der Waals surface area contributed by atoms with E-state index in [-0.39, 0.29) is 23.6 Å². The fourth-order valence-corrected chi connectivity index (χ4v) is 3.33. The summed E-state index contributed by atoms with van der Waals surface area (Å²) in [4.78, 5) is 41.7. The van der Waals surface area contributed by atoms with Gasteiger partial charge in [0, 0.05) is 30.9 Å². The Balaban J connectivity index is 1.66. The van der Waals surface area contributed by atoms with Gasteiger partial charge in [-0.3, -0.25) is 19.0 Å². The Hall–Kier alpha value is -3.07. The summed E-state index contributed by atoms with van der Waals surface area (Å²) in [5.74, 6) is -0.343. The van der Waals surface area contributed by atoms with Gasteiger partial charge in [-0.1, -0.05) is 13.0 Å². The van der Waals surface area contributed by atoms with Crippen molar-refractivity contribution >= 4 is 17.2 Å². The van der Waals surface area contributed by atoms with Gasteiger partial charge >= 0.3 is 0 Å². The molecule has 1 unspecified atom stereocenters. The molecule has 0 bridgehead atoms. The Morgan fingerprint density at radius 3 is 2.75 bits per heavy atom. The lowest BCUT2D eigenvalue weighted by Gasteiger charge is -2.15. The molecule has 8 nitrogen and oxygen atoms in total. The van der Waals surface area contributed by atoms with Gasteiger partial charge in [0.15, 0.2) is 0 Å². The van der Waals surface area contributed by atoms with Gasteiger partial charge in [0.1, 0.15) is 11.7 Å². The van der Waals surface area contributed by atoms with E-state index in [1.807, 2.05) is 24.4 Å². The molecule has 28 heavy (non-hydrogen) atoms. The Kier molecular flexibility index (Phi) is 6.15. The van der Waals surface area contributed by atoms with Crippen LogP contribution in [0.5, 0.6) is 0 Å². The predicted octanol–water partition coefficient (Wildman–Crippen LogP) is 1.47. The molecule has 1 atom stereocenters. The van der Waals surface area contributed by atoms with Gasteiger partial charge in [-0.2, -0.15) is 5.10 Å². The number of hydrogen-bond acceptors (Lipinski definition) is 6. The molecule has 1 N–H and O–H groups in total. The van der Waals surface area contributed by atoms with E-state index in [1.54, 1.807) is 13.0 Å². The quantitative estimate of drug-likeness (QED) is 0.649. The maximum Gasteiger partial charge on any atom is 0.267 e. The molecule has 0 aliphatic rings. The zero-order chi connectivity index (χ0) is 20.1. The molecule has 0 aliphatic carbocycles. The summed E-state index contributed by atoms with van der Waals surface area (Å²) in [5.41, 5.74) is 0.868. The molecule has 3 rings (SSSR count). The van der Waals surface area contributed by atoms with E-state index in [4.69, 9.17) is 0 Å². The van der Waals surface area contributed by atoms with Crippen LogP contribution in [0.25, 0.3) is 10.6 Å². The van der Waals surface area contributed by atoms with E-state index in [1.165, 1.54) is 39.0 Å². The summed E-state index contributed by atoms with van der Waals surface area (Å²) in [6.45, 7) is 4.09. The van der Waals surface area contributed by atoms with Crippen molar-refractivity contribution in [2.45, 2.75) is 32.9 Å². The molecular weight excluding hydrogens is 378 g/mol. The van der Waals surface area contributed by atoms with Gasteiger partial charge in [-0.05, 0) is 30.9 Å². The molecule has 3 aromatic heterocycles. The molecule has 0 fully saturated rings. The van der Waals surface area contributed by atoms with Crippen molar-refractivity contribution in [1.82, 2.24) is 24.6 Å². The number of aromatic nitrogens is 4. The first-order valence-corrected chi connectivity index (χ1v) is 9.84. The number of rotatable bonds is 7. The highest BCUT2D eigenvalue weighted by molar-refractivity contribution is 7.13. The van der Waals surface area contributed by atoms with E-state index in [2.05, 4.69) is 15.4 Å². The zero-order valence-electron chi connectivity index (χ0n) is 15.7. The molecule has 9 heteroatoms. The van der Waals surface area contributed by atoms with Gasteiger partial charge in [0.2, 0.25) is 5.91 Å². The third kappa shape index (κ3) is 4.42. The standard InChI is InChI=1S/C19H21N5O3S/c1-3-14-11-18(26)23(12-21-14)9-8-20-19(27)13(2)24-17(25)7-6-15(22-24)16-5-4-10-28-16/h4-7,10-13H,3,8-9H2,1-2H3,(H,20,27). The van der Waals surface area contributed by atoms with Crippen molar-refractivity contribution in [3.63, 3.8) is 0 Å². The van der Waals surface area contributed by atoms with Gasteiger partial charge in [0.25, 0.3) is 11.1 Å². The molecule has 0 aliphatic heterocycles. The van der Waals surface area contributed by atoms with Crippen LogP contribution >= 0.6 is 11.3 Å². The van der Waals surface area contributed by atoms with E-state index < -0.39 is 6.04 Å². The van der Waals surface area contributed by atoms with Crippen molar-refractivity contribution in [2.75, 3.05) is 6.54 Å². The molecule has 1 amide bonds. The molecule has 0 saturated heterocycles. The van der Waals surface area contributed by atoms with E-state index >= 15 is 0 Å². The van der Waals surface area contributed by atoms with Crippen molar-refractivity contribution < 1.29 is 4.79 Å². The highest BCUT2D eigenvalue weighted by Crippen LogP contribution is 2.21. The average molecular weight is 399 g/mol. The Bertz CT molecular complexity index is 1070. The SMILES string of the molecule is CCc1cc(=O)n(CCNC(=O)C(C)n2nc(-c3cccs3)ccc2=O)cn1. The molecular formula is C19H21N5O3S. The number of hydrogen-bond donors (Lipinski definition) is 1. The van der Waals surface area contributed by atoms with Crippen LogP contribution in [0.3, 0.4) is 0 Å². The van der Waals surface area contributed by atoms with Crippen LogP contribution in [-0.4, -0.2) is 31.8 Å². The minimum absolute atomic E-state index is 0.157. The summed E-state index contributed by atoms with van der Waals surface area (Å²) in [7, 11) is 0. The largest absolute Gasteiger partial charge is 0.352 e. The number of carbonyl (C=O) groups excluding carboxylic acids is 1. The van der Waals surface area contributed by atoms with Gasteiger partial charge in [-0.15, -0.1) is 11.3 Å². The monoisotopic (exact) mass is 399 g/mol. The summed E-state index contributed by atoms with van der Waals surface area (Å²) < 4.78 is 2.61. The van der Waals surface area contributed by atoms with Crippen molar-refractivity contribution in [3.8, 4) is 10.6 Å². The Labute approximate surface area is 165 Å². The van der Waals surface area contributed by atoms with Gasteiger partial charge in [-0.25, -0.2) is 9.67 Å². The fraction of sp³-hybridized carbons (Fsp3) is 0.316. The first kappa shape index (κ1) is 19.7. The molecule has 3 aromatic rings. The van der Waals surface area contributed by atoms with Crippen LogP contribution < -0.4 is 16.4 Å². The van der Waals surface area contributed by atoms with Crippen molar-refractivity contribution in [3.05, 3.63) is 68.4 Å². The number of aryl methyl sites for hydroxylation is 1. The third-order valence-electron chi connectivity index (χ3n) is 4.30. The number of thiophene rings is 1. The van der Waals surface area contributed by atoms with E-state index in [0.29, 0.717) is 18.7 Å². The Morgan fingerprint density at radius 2 is 2.07 bits per heavy atom. The van der Waals surface area contributed by atoms with Crippen LogP contribution in [0.4, 0.5) is 0 Å². The molecule has 0 saturated carbocycles. The van der Waals surface area contributed by atoms with Crippen LogP contribution in [0.2, 0.25) is 0 Å². The van der Waals surface area contributed by atoms with Crippen molar-refractivity contribution in [1.29, 1.82) is 0 Å². The highest BCUT2D eigenvalue weighted by atomic mass is 32.1. The molecule has 0 radical (unpaired) electrons. The lowest BCUT2D eigenvalue weighted by molar-refractivity contribution is -0.124. The maximum atomic E-state index is 12.5. The van der Waals surface area contributed by atoms with Crippen LogP contribution in [0, 0.1) is 0 Å². The normalized spacial score (nSPS) is 11.9. The van der Waals surface area contributed by atoms with Crippen LogP contribution in [0.15, 0.2) is 51.6 Å². The van der Waals surface area contributed by atoms with E-state index in [0.717, 1.165) is 10.6 Å². The smallest absolute Gasteiger partial charge is 0.267 e. The molecule has 0 spiro atoms. The van der Waals surface area contributed by atoms with Crippen molar-refractivity contribution in [2.24, 2.45) is 0 Å². The third-order valence-corrected chi connectivity index (χ3v) is 5.19. The molecule has 0 aromatic carbocycles. The summed E-state index contributed by atoms with van der Waals surface area (Å²) in [6, 6.07) is 7.58. The van der Waals surface area contributed by atoms with E-state index in [9.17, 15) is 14.4 Å². The topological polar surface area (TPSA) is 98.9 Å². The second-order valence-corrected chi connectivity index (χ2v) is 7.16. The first-order chi connectivity index (χ1) is 13.5. The molecule has 3 heterocycles. The lowest BCUT2D eigenvalue weighted by atomic mass is 10.3. The second kappa shape index (κ2) is 8.75. The predicted molar refractivity (Wildman–Crippen MR) is 107 cm³/mol. The Morgan fingerprint density at radius 1 is 1.25 bits per heavy atom. The second-order valence-electron chi connectivity index (χ2n) is 6.21. The number of nitrogens with one attached hydrogen (secondary N) is 1. The van der Waals surface area contributed by atoms with Crippen LogP contribution in [-0.2, 0) is 17.8 Å². The summed E-state index contributed by atoms with van der Waals surface area (Å²) in [5, 5.41) is 8.99. The lowest BCUT2D eigenvalue weighted by Crippen LogP contribution is -2.38. The summed E-state index contributed by atoms with van der Waals surface area (Å²) >= 11 is 1.51.